The summed E-state index contributed by atoms with van der Waals surface area (Å²) in [5, 5.41) is 0. The smallest absolute Gasteiger partial charge is 0.241 e. The van der Waals surface area contributed by atoms with E-state index in [9.17, 15) is 4.79 Å². The van der Waals surface area contributed by atoms with Gasteiger partial charge in [-0.2, -0.15) is 0 Å². The Morgan fingerprint density at radius 2 is 2.04 bits per heavy atom. The van der Waals surface area contributed by atoms with Gasteiger partial charge in [-0.3, -0.25) is 15.2 Å². The molecule has 6 heteroatoms. The lowest BCUT2D eigenvalue weighted by molar-refractivity contribution is -0.134. The fraction of sp³-hybridized carbons (Fsp3) is 0.455. The van der Waals surface area contributed by atoms with E-state index in [1.165, 1.54) is 11.1 Å². The number of aromatic nitrogens is 1. The van der Waals surface area contributed by atoms with Gasteiger partial charge in [0.25, 0.3) is 0 Å². The fourth-order valence-electron chi connectivity index (χ4n) is 5.04. The summed E-state index contributed by atoms with van der Waals surface area (Å²) in [6.45, 7) is 2.48. The van der Waals surface area contributed by atoms with Gasteiger partial charge in [0.05, 0.1) is 6.20 Å². The first-order valence-corrected chi connectivity index (χ1v) is 10.2. The van der Waals surface area contributed by atoms with Gasteiger partial charge in [0.2, 0.25) is 5.91 Å². The number of hydrogen-bond acceptors (Lipinski definition) is 5. The van der Waals surface area contributed by atoms with Gasteiger partial charge in [0, 0.05) is 31.2 Å². The van der Waals surface area contributed by atoms with Crippen LogP contribution in [0.2, 0.25) is 0 Å². The van der Waals surface area contributed by atoms with E-state index in [-0.39, 0.29) is 23.5 Å². The number of nitrogens with one attached hydrogen (secondary N) is 2. The van der Waals surface area contributed by atoms with Crippen molar-refractivity contribution in [2.45, 2.75) is 43.2 Å². The number of hydrogen-bond donors (Lipinski definition) is 2. The Hall–Kier alpha value is -2.44. The molecule has 0 bridgehead atoms. The Kier molecular flexibility index (Phi) is 4.53. The van der Waals surface area contributed by atoms with Crippen molar-refractivity contribution in [1.29, 1.82) is 0 Å². The fourth-order valence-corrected chi connectivity index (χ4v) is 5.04. The molecule has 2 atom stereocenters. The van der Waals surface area contributed by atoms with Crippen molar-refractivity contribution in [2.75, 3.05) is 19.6 Å². The zero-order valence-electron chi connectivity index (χ0n) is 15.9. The highest BCUT2D eigenvalue weighted by Crippen LogP contribution is 2.52. The van der Waals surface area contributed by atoms with Crippen molar-refractivity contribution in [1.82, 2.24) is 20.7 Å². The van der Waals surface area contributed by atoms with Crippen LogP contribution in [0.5, 0.6) is 5.75 Å². The number of amides is 1. The maximum Gasteiger partial charge on any atom is 0.241 e. The Morgan fingerprint density at radius 1 is 1.18 bits per heavy atom. The summed E-state index contributed by atoms with van der Waals surface area (Å²) in [6.07, 6.45) is 7.39. The molecule has 3 aliphatic rings. The van der Waals surface area contributed by atoms with Crippen LogP contribution in [0, 0.1) is 0 Å². The number of pyridine rings is 1. The average molecular weight is 378 g/mol. The molecule has 0 radical (unpaired) electrons. The van der Waals surface area contributed by atoms with Crippen LogP contribution in [-0.2, 0) is 10.2 Å². The number of carbonyl (C=O) groups is 1. The van der Waals surface area contributed by atoms with Gasteiger partial charge >= 0.3 is 0 Å². The van der Waals surface area contributed by atoms with Gasteiger partial charge in [0.1, 0.15) is 17.9 Å². The van der Waals surface area contributed by atoms with E-state index in [2.05, 4.69) is 40.1 Å². The molecule has 1 amide bonds. The molecular formula is C22H26N4O2. The first kappa shape index (κ1) is 17.6. The summed E-state index contributed by atoms with van der Waals surface area (Å²) < 4.78 is 6.32. The van der Waals surface area contributed by atoms with E-state index >= 15 is 0 Å². The molecule has 2 aliphatic heterocycles. The van der Waals surface area contributed by atoms with Crippen LogP contribution >= 0.6 is 0 Å². The highest BCUT2D eigenvalue weighted by Gasteiger charge is 2.47. The third-order valence-electron chi connectivity index (χ3n) is 6.53. The first-order chi connectivity index (χ1) is 13.8. The Morgan fingerprint density at radius 3 is 2.79 bits per heavy atom. The van der Waals surface area contributed by atoms with Crippen LogP contribution in [0.1, 0.15) is 42.9 Å². The van der Waals surface area contributed by atoms with Gasteiger partial charge in [-0.05, 0) is 48.9 Å². The van der Waals surface area contributed by atoms with E-state index < -0.39 is 0 Å². The molecule has 1 aromatic carbocycles. The zero-order chi connectivity index (χ0) is 19.0. The molecule has 146 valence electrons. The molecule has 0 saturated carbocycles. The number of rotatable bonds is 3. The number of fused-ring (bicyclic) bond motifs is 2. The van der Waals surface area contributed by atoms with Gasteiger partial charge < -0.3 is 9.64 Å². The number of nitrogens with zero attached hydrogens (tertiary/aromatic N) is 2. The second-order valence-corrected chi connectivity index (χ2v) is 8.10. The van der Waals surface area contributed by atoms with Crippen LogP contribution in [0.3, 0.4) is 0 Å². The molecule has 1 spiro atoms. The van der Waals surface area contributed by atoms with Crippen LogP contribution in [0.4, 0.5) is 0 Å². The van der Waals surface area contributed by atoms with Gasteiger partial charge in [-0.25, -0.2) is 5.43 Å². The summed E-state index contributed by atoms with van der Waals surface area (Å²) in [6, 6.07) is 12.4. The maximum absolute atomic E-state index is 12.7. The Labute approximate surface area is 165 Å². The molecule has 2 unspecified atom stereocenters. The second kappa shape index (κ2) is 7.18. The largest absolute Gasteiger partial charge is 0.484 e. The minimum Gasteiger partial charge on any atom is -0.484 e. The molecule has 2 fully saturated rings. The molecule has 1 aliphatic carbocycles. The third-order valence-corrected chi connectivity index (χ3v) is 6.53. The molecule has 2 N–H and O–H groups in total. The van der Waals surface area contributed by atoms with Gasteiger partial charge in [0.15, 0.2) is 0 Å². The minimum absolute atomic E-state index is 0.0448. The number of ether oxygens (including phenoxy) is 1. The molecule has 6 nitrogen and oxygen atoms in total. The molecule has 2 aromatic rings. The molecule has 28 heavy (non-hydrogen) atoms. The van der Waals surface area contributed by atoms with Crippen molar-refractivity contribution in [3.63, 3.8) is 0 Å². The summed E-state index contributed by atoms with van der Waals surface area (Å²) in [5.41, 5.74) is 8.94. The topological polar surface area (TPSA) is 66.5 Å². The number of carbonyl (C=O) groups excluding carboxylic acids is 1. The van der Waals surface area contributed by atoms with Crippen LogP contribution in [0.15, 0.2) is 48.8 Å². The maximum atomic E-state index is 12.7. The third kappa shape index (κ3) is 3.06. The van der Waals surface area contributed by atoms with Crippen molar-refractivity contribution in [3.05, 3.63) is 59.9 Å². The molecule has 1 aromatic heterocycles. The number of benzene rings is 1. The SMILES string of the molecule is O=C(C1CCNN1)N1CCC2(CC1)CC(Oc1cccnc1)c1ccccc12. The van der Waals surface area contributed by atoms with Crippen molar-refractivity contribution in [3.8, 4) is 5.75 Å². The van der Waals surface area contributed by atoms with Crippen molar-refractivity contribution < 1.29 is 9.53 Å². The molecule has 5 rings (SSSR count). The monoisotopic (exact) mass is 378 g/mol. The summed E-state index contributed by atoms with van der Waals surface area (Å²) in [5.74, 6) is 1.04. The lowest BCUT2D eigenvalue weighted by atomic mass is 9.73. The van der Waals surface area contributed by atoms with E-state index in [0.29, 0.717) is 0 Å². The Balaban J connectivity index is 1.34. The van der Waals surface area contributed by atoms with E-state index in [1.807, 2.05) is 17.0 Å². The summed E-state index contributed by atoms with van der Waals surface area (Å²) in [4.78, 5) is 19.0. The predicted molar refractivity (Wildman–Crippen MR) is 106 cm³/mol. The normalized spacial score (nSPS) is 25.6. The average Bonchev–Trinajstić information content (AvgIpc) is 3.37. The van der Waals surface area contributed by atoms with Crippen LogP contribution in [0.25, 0.3) is 0 Å². The van der Waals surface area contributed by atoms with Crippen molar-refractivity contribution >= 4 is 5.91 Å². The highest BCUT2D eigenvalue weighted by atomic mass is 16.5. The van der Waals surface area contributed by atoms with Crippen LogP contribution < -0.4 is 15.6 Å². The summed E-state index contributed by atoms with van der Waals surface area (Å²) >= 11 is 0. The van der Waals surface area contributed by atoms with E-state index in [0.717, 1.165) is 51.1 Å². The predicted octanol–water partition coefficient (Wildman–Crippen LogP) is 2.33. The molecule has 2 saturated heterocycles. The lowest BCUT2D eigenvalue weighted by Gasteiger charge is -2.41. The minimum atomic E-state index is -0.0772. The summed E-state index contributed by atoms with van der Waals surface area (Å²) in [7, 11) is 0. The Bertz CT molecular complexity index is 843. The molecular weight excluding hydrogens is 352 g/mol. The van der Waals surface area contributed by atoms with Gasteiger partial charge in [-0.1, -0.05) is 24.3 Å². The second-order valence-electron chi connectivity index (χ2n) is 8.10. The van der Waals surface area contributed by atoms with E-state index in [1.54, 1.807) is 12.4 Å². The van der Waals surface area contributed by atoms with Gasteiger partial charge in [-0.15, -0.1) is 0 Å². The highest BCUT2D eigenvalue weighted by molar-refractivity contribution is 5.82. The number of likely N-dealkylation sites (tertiary alicyclic amines) is 1. The standard InChI is InChI=1S/C22H26N4O2/c27-21(19-7-11-24-25-19)26-12-8-22(9-13-26)14-20(17-5-1-2-6-18(17)22)28-16-4-3-10-23-15-16/h1-6,10,15,19-20,24-25H,7-9,11-14H2. The number of hydrazine groups is 1. The van der Waals surface area contributed by atoms with E-state index in [4.69, 9.17) is 4.74 Å². The van der Waals surface area contributed by atoms with Crippen molar-refractivity contribution in [2.24, 2.45) is 0 Å². The first-order valence-electron chi connectivity index (χ1n) is 10.2. The lowest BCUT2D eigenvalue weighted by Crippen LogP contribution is -2.50. The molecule has 3 heterocycles. The van der Waals surface area contributed by atoms with Crippen LogP contribution in [-0.4, -0.2) is 41.5 Å². The zero-order valence-corrected chi connectivity index (χ0v) is 15.9. The quantitative estimate of drug-likeness (QED) is 0.858. The number of piperidine rings is 1.